The molecule has 0 bridgehead atoms. The van der Waals surface area contributed by atoms with E-state index in [1.54, 1.807) is 0 Å². The molecule has 0 aliphatic carbocycles. The van der Waals surface area contributed by atoms with Crippen LogP contribution < -0.4 is 0 Å². The standard InChI is InChI=1S/C5H8FO/c1-2-3-4-5(6)7/h3-5H,2H2,1H3/b4-3+. The van der Waals surface area contributed by atoms with E-state index in [9.17, 15) is 9.50 Å². The molecule has 7 heavy (non-hydrogen) atoms. The minimum Gasteiger partial charge on any atom is -0.208 e. The summed E-state index contributed by atoms with van der Waals surface area (Å²) < 4.78 is 11.2. The van der Waals surface area contributed by atoms with Gasteiger partial charge >= 0.3 is 0 Å². The molecule has 0 aromatic carbocycles. The number of hydrogen-bond acceptors (Lipinski definition) is 0. The first-order valence-corrected chi connectivity index (χ1v) is 2.24. The maximum absolute atomic E-state index is 11.2. The van der Waals surface area contributed by atoms with Gasteiger partial charge in [-0.25, -0.2) is 4.39 Å². The second kappa shape index (κ2) is 3.81. The van der Waals surface area contributed by atoms with E-state index >= 15 is 0 Å². The molecule has 41 valence electrons. The summed E-state index contributed by atoms with van der Waals surface area (Å²) in [6.45, 7) is 1.85. The molecule has 0 aromatic heterocycles. The SMILES string of the molecule is CC/C=C/C([O])F. The van der Waals surface area contributed by atoms with E-state index in [0.717, 1.165) is 12.5 Å². The molecular formula is C5H8FO. The van der Waals surface area contributed by atoms with E-state index in [-0.39, 0.29) is 0 Å². The first-order valence-electron chi connectivity index (χ1n) is 2.24. The van der Waals surface area contributed by atoms with E-state index < -0.39 is 6.36 Å². The summed E-state index contributed by atoms with van der Waals surface area (Å²) in [7, 11) is 0. The van der Waals surface area contributed by atoms with Gasteiger partial charge in [0, 0.05) is 0 Å². The van der Waals surface area contributed by atoms with Crippen molar-refractivity contribution < 1.29 is 9.50 Å². The highest BCUT2D eigenvalue weighted by molar-refractivity contribution is 4.81. The number of rotatable bonds is 2. The van der Waals surface area contributed by atoms with Crippen molar-refractivity contribution in [2.45, 2.75) is 19.7 Å². The van der Waals surface area contributed by atoms with E-state index in [0.29, 0.717) is 0 Å². The number of halogens is 1. The highest BCUT2D eigenvalue weighted by Crippen LogP contribution is 1.88. The van der Waals surface area contributed by atoms with Crippen LogP contribution in [0.25, 0.3) is 0 Å². The summed E-state index contributed by atoms with van der Waals surface area (Å²) in [4.78, 5) is 0. The molecule has 0 N–H and O–H groups in total. The maximum Gasteiger partial charge on any atom is 0.250 e. The Hall–Kier alpha value is -0.370. The average molecular weight is 103 g/mol. The van der Waals surface area contributed by atoms with Crippen molar-refractivity contribution in [3.8, 4) is 0 Å². The van der Waals surface area contributed by atoms with Crippen LogP contribution >= 0.6 is 0 Å². The van der Waals surface area contributed by atoms with E-state index in [1.807, 2.05) is 6.92 Å². The fourth-order valence-corrected chi connectivity index (χ4v) is 0.243. The molecule has 1 nitrogen and oxygen atoms in total. The number of hydrogen-bond donors (Lipinski definition) is 0. The molecule has 0 rings (SSSR count). The van der Waals surface area contributed by atoms with Gasteiger partial charge in [-0.3, -0.25) is 0 Å². The van der Waals surface area contributed by atoms with Crippen LogP contribution in [0, 0.1) is 0 Å². The normalized spacial score (nSPS) is 15.3. The molecule has 1 atom stereocenters. The van der Waals surface area contributed by atoms with Crippen LogP contribution in [0.3, 0.4) is 0 Å². The van der Waals surface area contributed by atoms with Crippen molar-refractivity contribution in [1.82, 2.24) is 0 Å². The Kier molecular flexibility index (Phi) is 3.61. The predicted molar refractivity (Wildman–Crippen MR) is 25.0 cm³/mol. The molecular weight excluding hydrogens is 95.1 g/mol. The molecule has 0 amide bonds. The van der Waals surface area contributed by atoms with Gasteiger partial charge in [-0.2, -0.15) is 5.11 Å². The highest BCUT2D eigenvalue weighted by Gasteiger charge is 1.88. The highest BCUT2D eigenvalue weighted by atomic mass is 19.1. The summed E-state index contributed by atoms with van der Waals surface area (Å²) >= 11 is 0. The van der Waals surface area contributed by atoms with Gasteiger partial charge < -0.3 is 0 Å². The summed E-state index contributed by atoms with van der Waals surface area (Å²) in [6.07, 6.45) is 1.21. The summed E-state index contributed by atoms with van der Waals surface area (Å²) in [5, 5.41) is 9.53. The summed E-state index contributed by atoms with van der Waals surface area (Å²) in [5.74, 6) is 0. The van der Waals surface area contributed by atoms with Crippen LogP contribution in [0.2, 0.25) is 0 Å². The van der Waals surface area contributed by atoms with Gasteiger partial charge in [-0.15, -0.1) is 0 Å². The van der Waals surface area contributed by atoms with Crippen molar-refractivity contribution in [3.05, 3.63) is 12.2 Å². The molecule has 0 aromatic rings. The van der Waals surface area contributed by atoms with Gasteiger partial charge in [-0.1, -0.05) is 13.0 Å². The zero-order valence-electron chi connectivity index (χ0n) is 4.23. The van der Waals surface area contributed by atoms with E-state index in [1.165, 1.54) is 6.08 Å². The maximum atomic E-state index is 11.2. The topological polar surface area (TPSA) is 19.9 Å². The largest absolute Gasteiger partial charge is 0.250 e. The fourth-order valence-electron chi connectivity index (χ4n) is 0.243. The molecule has 0 heterocycles. The lowest BCUT2D eigenvalue weighted by molar-refractivity contribution is 0.0188. The van der Waals surface area contributed by atoms with Gasteiger partial charge in [0.25, 0.3) is 0 Å². The lowest BCUT2D eigenvalue weighted by Gasteiger charge is -1.81. The molecule has 2 heteroatoms. The first-order chi connectivity index (χ1) is 3.27. The Bertz CT molecular complexity index is 59.1. The van der Waals surface area contributed by atoms with Gasteiger partial charge in [0.05, 0.1) is 0 Å². The third-order valence-corrected chi connectivity index (χ3v) is 0.523. The molecule has 0 saturated heterocycles. The van der Waals surface area contributed by atoms with Crippen molar-refractivity contribution in [3.63, 3.8) is 0 Å². The smallest absolute Gasteiger partial charge is 0.208 e. The van der Waals surface area contributed by atoms with Crippen molar-refractivity contribution >= 4 is 0 Å². The number of allylic oxidation sites excluding steroid dienone is 1. The summed E-state index contributed by atoms with van der Waals surface area (Å²) in [6, 6.07) is 0. The Balaban J connectivity index is 3.08. The molecule has 1 unspecified atom stereocenters. The second-order valence-corrected chi connectivity index (χ2v) is 1.19. The predicted octanol–water partition coefficient (Wildman–Crippen LogP) is 1.68. The Morgan fingerprint density at radius 2 is 2.43 bits per heavy atom. The van der Waals surface area contributed by atoms with Gasteiger partial charge in [0.2, 0.25) is 6.36 Å². The summed E-state index contributed by atoms with van der Waals surface area (Å²) in [5.41, 5.74) is 0. The van der Waals surface area contributed by atoms with Crippen LogP contribution in [0.15, 0.2) is 12.2 Å². The lowest BCUT2D eigenvalue weighted by Crippen LogP contribution is -1.84. The van der Waals surface area contributed by atoms with Crippen molar-refractivity contribution in [2.75, 3.05) is 0 Å². The zero-order chi connectivity index (χ0) is 5.70. The van der Waals surface area contributed by atoms with Gasteiger partial charge in [0.15, 0.2) is 0 Å². The molecule has 0 aliphatic rings. The van der Waals surface area contributed by atoms with Crippen LogP contribution in [0.5, 0.6) is 0 Å². The van der Waals surface area contributed by atoms with Crippen LogP contribution in [0.1, 0.15) is 13.3 Å². The quantitative estimate of drug-likeness (QED) is 0.474. The molecule has 1 radical (unpaired) electrons. The van der Waals surface area contributed by atoms with Crippen molar-refractivity contribution in [1.29, 1.82) is 0 Å². The Morgan fingerprint density at radius 1 is 1.86 bits per heavy atom. The molecule has 0 saturated carbocycles. The van der Waals surface area contributed by atoms with Gasteiger partial charge in [-0.05, 0) is 12.5 Å². The molecule has 0 fully saturated rings. The van der Waals surface area contributed by atoms with Crippen molar-refractivity contribution in [2.24, 2.45) is 0 Å². The van der Waals surface area contributed by atoms with Crippen LogP contribution in [-0.4, -0.2) is 6.36 Å². The molecule has 0 aliphatic heterocycles. The Labute approximate surface area is 42.5 Å². The minimum atomic E-state index is -2.03. The average Bonchev–Trinajstić information content (AvgIpc) is 1.61. The Morgan fingerprint density at radius 3 is 2.57 bits per heavy atom. The van der Waals surface area contributed by atoms with Crippen LogP contribution in [-0.2, 0) is 5.11 Å². The van der Waals surface area contributed by atoms with Gasteiger partial charge in [0.1, 0.15) is 0 Å². The van der Waals surface area contributed by atoms with Crippen LogP contribution in [0.4, 0.5) is 4.39 Å². The fraction of sp³-hybridized carbons (Fsp3) is 0.600. The lowest BCUT2D eigenvalue weighted by atomic mass is 10.4. The third-order valence-electron chi connectivity index (χ3n) is 0.523. The zero-order valence-corrected chi connectivity index (χ0v) is 4.23. The number of alkyl halides is 1. The third kappa shape index (κ3) is 5.63. The monoisotopic (exact) mass is 103 g/mol. The van der Waals surface area contributed by atoms with E-state index in [4.69, 9.17) is 0 Å². The minimum absolute atomic E-state index is 0.725. The second-order valence-electron chi connectivity index (χ2n) is 1.19. The van der Waals surface area contributed by atoms with E-state index in [2.05, 4.69) is 0 Å². The first kappa shape index (κ1) is 6.63. The molecule has 0 spiro atoms.